The van der Waals surface area contributed by atoms with Crippen LogP contribution in [0.4, 0.5) is 27.6 Å². The summed E-state index contributed by atoms with van der Waals surface area (Å²) in [5.74, 6) is -14.2. The summed E-state index contributed by atoms with van der Waals surface area (Å²) in [5, 5.41) is 1.73. The second-order valence-electron chi connectivity index (χ2n) is 10.7. The Balaban J connectivity index is 1.48. The molecule has 0 atom stereocenters. The third kappa shape index (κ3) is 8.01. The van der Waals surface area contributed by atoms with Gasteiger partial charge < -0.3 is 14.4 Å². The van der Waals surface area contributed by atoms with Gasteiger partial charge in [0.2, 0.25) is 21.7 Å². The zero-order valence-corrected chi connectivity index (χ0v) is 27.7. The average Bonchev–Trinajstić information content (AvgIpc) is 3.64. The van der Waals surface area contributed by atoms with Crippen molar-refractivity contribution in [2.75, 3.05) is 18.5 Å². The molecule has 0 bridgehead atoms. The van der Waals surface area contributed by atoms with Gasteiger partial charge in [-0.25, -0.2) is 35.2 Å². The number of halogens is 5. The van der Waals surface area contributed by atoms with E-state index in [0.29, 0.717) is 4.88 Å². The topological polar surface area (TPSA) is 93.2 Å². The number of hydrogen-bond donors (Lipinski definition) is 0. The number of anilines is 1. The van der Waals surface area contributed by atoms with Crippen molar-refractivity contribution in [1.29, 1.82) is 0 Å². The minimum atomic E-state index is -5.42. The second kappa shape index (κ2) is 15.6. The monoisotopic (exact) mass is 730 g/mol. The van der Waals surface area contributed by atoms with Crippen LogP contribution in [-0.2, 0) is 39.3 Å². The fourth-order valence-electron chi connectivity index (χ4n) is 4.71. The fourth-order valence-corrected chi connectivity index (χ4v) is 6.63. The maximum atomic E-state index is 14.5. The number of esters is 1. The predicted molar refractivity (Wildman–Crippen MR) is 174 cm³/mol. The number of benzene rings is 4. The Morgan fingerprint density at radius 1 is 0.740 bits per heavy atom. The van der Waals surface area contributed by atoms with E-state index in [9.17, 15) is 40.0 Å². The van der Waals surface area contributed by atoms with E-state index >= 15 is 0 Å². The number of sulfonamides is 1. The summed E-state index contributed by atoms with van der Waals surface area (Å²) in [6, 6.07) is 25.5. The zero-order chi connectivity index (χ0) is 36.0. The molecule has 50 heavy (non-hydrogen) atoms. The Labute approximate surface area is 288 Å². The molecule has 0 N–H and O–H groups in total. The molecular formula is C35H27F5N2O6S2. The Bertz CT molecular complexity index is 2070. The molecule has 0 saturated carbocycles. The van der Waals surface area contributed by atoms with Gasteiger partial charge in [0.15, 0.2) is 28.2 Å². The van der Waals surface area contributed by atoms with E-state index in [1.807, 2.05) is 12.1 Å². The lowest BCUT2D eigenvalue weighted by Crippen LogP contribution is -2.41. The van der Waals surface area contributed by atoms with Crippen LogP contribution >= 0.6 is 11.3 Å². The summed E-state index contributed by atoms with van der Waals surface area (Å²) in [5.41, 5.74) is 1.65. The zero-order valence-electron chi connectivity index (χ0n) is 26.1. The first-order valence-electron chi connectivity index (χ1n) is 14.7. The van der Waals surface area contributed by atoms with E-state index in [4.69, 9.17) is 9.47 Å². The fraction of sp³-hybridized carbons (Fsp3) is 0.143. The summed E-state index contributed by atoms with van der Waals surface area (Å²) in [4.78, 5) is 26.7. The molecular weight excluding hydrogens is 704 g/mol. The van der Waals surface area contributed by atoms with Crippen molar-refractivity contribution in [2.45, 2.75) is 24.7 Å². The summed E-state index contributed by atoms with van der Waals surface area (Å²) in [6.45, 7) is -1.21. The molecule has 0 spiro atoms. The number of nitrogens with zero attached hydrogens (tertiary/aromatic N) is 2. The summed E-state index contributed by atoms with van der Waals surface area (Å²) in [6.07, 6.45) is 0. The highest BCUT2D eigenvalue weighted by atomic mass is 32.2. The Kier molecular flexibility index (Phi) is 11.3. The van der Waals surface area contributed by atoms with Gasteiger partial charge in [-0.1, -0.05) is 66.7 Å². The Morgan fingerprint density at radius 3 is 1.90 bits per heavy atom. The lowest BCUT2D eigenvalue weighted by atomic mass is 10.1. The van der Waals surface area contributed by atoms with Crippen molar-refractivity contribution in [2.24, 2.45) is 0 Å². The summed E-state index contributed by atoms with van der Waals surface area (Å²) in [7, 11) is -4.66. The minimum absolute atomic E-state index is 0.0189. The van der Waals surface area contributed by atoms with Crippen molar-refractivity contribution < 1.29 is 49.4 Å². The predicted octanol–water partition coefficient (Wildman–Crippen LogP) is 7.23. The van der Waals surface area contributed by atoms with Crippen LogP contribution in [-0.4, -0.2) is 38.2 Å². The van der Waals surface area contributed by atoms with Gasteiger partial charge in [-0.05, 0) is 34.7 Å². The van der Waals surface area contributed by atoms with Gasteiger partial charge >= 0.3 is 5.97 Å². The molecule has 8 nitrogen and oxygen atoms in total. The van der Waals surface area contributed by atoms with E-state index < -0.39 is 62.4 Å². The highest BCUT2D eigenvalue weighted by Gasteiger charge is 2.37. The Hall–Kier alpha value is -5.12. The van der Waals surface area contributed by atoms with Crippen LogP contribution in [0.1, 0.15) is 26.4 Å². The lowest BCUT2D eigenvalue weighted by molar-refractivity contribution is -0.118. The van der Waals surface area contributed by atoms with Crippen LogP contribution in [0.2, 0.25) is 0 Å². The summed E-state index contributed by atoms with van der Waals surface area (Å²) < 4.78 is 108. The van der Waals surface area contributed by atoms with E-state index in [1.54, 1.807) is 66.0 Å². The normalized spacial score (nSPS) is 11.4. The molecule has 0 fully saturated rings. The average molecular weight is 731 g/mol. The number of amides is 1. The number of ether oxygens (including phenoxy) is 2. The minimum Gasteiger partial charge on any atom is -0.488 e. The van der Waals surface area contributed by atoms with Gasteiger partial charge in [0.25, 0.3) is 0 Å². The van der Waals surface area contributed by atoms with Gasteiger partial charge in [0, 0.05) is 23.7 Å². The molecule has 1 amide bonds. The molecule has 5 aromatic rings. The third-order valence-electron chi connectivity index (χ3n) is 7.34. The van der Waals surface area contributed by atoms with Crippen LogP contribution < -0.4 is 9.64 Å². The molecule has 0 saturated heterocycles. The van der Waals surface area contributed by atoms with Crippen molar-refractivity contribution in [3.05, 3.63) is 147 Å². The SMILES string of the molecule is CN(CC(=O)N(Cc1cccs1)c1ccc(C(=O)OCc2ccccc2)c(OCc2ccccc2)c1)S(=O)(=O)c1c(F)c(F)c(F)c(F)c1F. The number of likely N-dealkylation sites (N-methyl/N-ethyl adjacent to an activating group) is 1. The summed E-state index contributed by atoms with van der Waals surface area (Å²) >= 11 is 1.27. The molecule has 0 aliphatic carbocycles. The second-order valence-corrected chi connectivity index (χ2v) is 13.7. The molecule has 0 aliphatic rings. The van der Waals surface area contributed by atoms with Gasteiger partial charge in [-0.15, -0.1) is 11.3 Å². The van der Waals surface area contributed by atoms with Crippen molar-refractivity contribution in [3.63, 3.8) is 0 Å². The van der Waals surface area contributed by atoms with Gasteiger partial charge in [-0.2, -0.15) is 4.31 Å². The van der Waals surface area contributed by atoms with Gasteiger partial charge in [-0.3, -0.25) is 4.79 Å². The van der Waals surface area contributed by atoms with Crippen molar-refractivity contribution in [3.8, 4) is 5.75 Å². The smallest absolute Gasteiger partial charge is 0.342 e. The quantitative estimate of drug-likeness (QED) is 0.0550. The highest BCUT2D eigenvalue weighted by molar-refractivity contribution is 7.89. The molecule has 0 aliphatic heterocycles. The van der Waals surface area contributed by atoms with Gasteiger partial charge in [0.1, 0.15) is 24.5 Å². The molecule has 260 valence electrons. The third-order valence-corrected chi connectivity index (χ3v) is 10.0. The van der Waals surface area contributed by atoms with Crippen LogP contribution in [0.15, 0.2) is 101 Å². The number of hydrogen-bond acceptors (Lipinski definition) is 7. The maximum Gasteiger partial charge on any atom is 0.342 e. The highest BCUT2D eigenvalue weighted by Crippen LogP contribution is 2.31. The molecule has 1 aromatic heterocycles. The number of carbonyl (C=O) groups excluding carboxylic acids is 2. The van der Waals surface area contributed by atoms with E-state index in [-0.39, 0.29) is 41.1 Å². The van der Waals surface area contributed by atoms with Crippen LogP contribution in [0, 0.1) is 29.1 Å². The maximum absolute atomic E-state index is 14.5. The van der Waals surface area contributed by atoms with Crippen molar-refractivity contribution >= 4 is 38.9 Å². The van der Waals surface area contributed by atoms with Gasteiger partial charge in [0.05, 0.1) is 13.1 Å². The number of carbonyl (C=O) groups is 2. The molecule has 0 radical (unpaired) electrons. The standard InChI is InChI=1S/C35H27F5N2O6S2/c1-41(50(45,46)34-32(39)30(37)29(36)31(38)33(34)40)19-28(43)42(18-25-13-8-16-49-25)24-14-15-26(35(44)48-21-23-11-6-3-7-12-23)27(17-24)47-20-22-9-4-2-5-10-22/h2-17H,18-21H2,1H3. The van der Waals surface area contributed by atoms with E-state index in [0.717, 1.165) is 23.1 Å². The molecule has 0 unspecified atom stereocenters. The van der Waals surface area contributed by atoms with Crippen molar-refractivity contribution in [1.82, 2.24) is 4.31 Å². The van der Waals surface area contributed by atoms with Crippen LogP contribution in [0.25, 0.3) is 0 Å². The van der Waals surface area contributed by atoms with Crippen LogP contribution in [0.3, 0.4) is 0 Å². The molecule has 4 aromatic carbocycles. The van der Waals surface area contributed by atoms with E-state index in [1.165, 1.54) is 29.5 Å². The van der Waals surface area contributed by atoms with Crippen LogP contribution in [0.5, 0.6) is 5.75 Å². The van der Waals surface area contributed by atoms with E-state index in [2.05, 4.69) is 0 Å². The largest absolute Gasteiger partial charge is 0.488 e. The molecule has 1 heterocycles. The first kappa shape index (κ1) is 36.2. The first-order valence-corrected chi connectivity index (χ1v) is 17.0. The lowest BCUT2D eigenvalue weighted by Gasteiger charge is -2.26. The molecule has 15 heteroatoms. The number of thiophene rings is 1. The first-order chi connectivity index (χ1) is 23.9. The molecule has 5 rings (SSSR count). The Morgan fingerprint density at radius 2 is 1.32 bits per heavy atom. The number of rotatable bonds is 13.